The van der Waals surface area contributed by atoms with Gasteiger partial charge in [0, 0.05) is 47.6 Å². The number of nitrogens with one attached hydrogen (secondary N) is 1. The molecule has 2 aromatic heterocycles. The topological polar surface area (TPSA) is 88.3 Å². The van der Waals surface area contributed by atoms with Gasteiger partial charge in [0.1, 0.15) is 5.69 Å². The molecule has 2 saturated heterocycles. The van der Waals surface area contributed by atoms with Crippen LogP contribution in [0.1, 0.15) is 22.5 Å². The molecule has 6 nitrogen and oxygen atoms in total. The Morgan fingerprint density at radius 1 is 1.42 bits per heavy atom. The number of nitrogens with zero attached hydrogens (tertiary/aromatic N) is 2. The van der Waals surface area contributed by atoms with Crippen molar-refractivity contribution in [1.29, 1.82) is 0 Å². The second-order valence-corrected chi connectivity index (χ2v) is 7.13. The summed E-state index contributed by atoms with van der Waals surface area (Å²) in [6.45, 7) is 3.14. The number of thiophene rings is 1. The minimum absolute atomic E-state index is 0.157. The summed E-state index contributed by atoms with van der Waals surface area (Å²) in [4.78, 5) is 30.0. The van der Waals surface area contributed by atoms with Gasteiger partial charge in [0.2, 0.25) is 0 Å². The number of piperidine rings is 1. The molecule has 3 N–H and O–H groups in total. The van der Waals surface area contributed by atoms with Crippen LogP contribution in [0.15, 0.2) is 17.6 Å². The van der Waals surface area contributed by atoms with Gasteiger partial charge in [0.25, 0.3) is 11.8 Å². The summed E-state index contributed by atoms with van der Waals surface area (Å²) in [6.07, 6.45) is 2.82. The van der Waals surface area contributed by atoms with E-state index in [2.05, 4.69) is 27.0 Å². The lowest BCUT2D eigenvalue weighted by Gasteiger charge is -2.22. The van der Waals surface area contributed by atoms with E-state index in [1.54, 1.807) is 12.3 Å². The third-order valence-electron chi connectivity index (χ3n) is 4.66. The van der Waals surface area contributed by atoms with Gasteiger partial charge in [-0.15, -0.1) is 11.3 Å². The third kappa shape index (κ3) is 2.75. The molecule has 4 heterocycles. The SMILES string of the molecule is NC(=O)C#Cc1csc2cnc(C(=O)NC3CN4CC[C@H]3C4)cc12. The lowest BCUT2D eigenvalue weighted by atomic mass is 10.00. The van der Waals surface area contributed by atoms with E-state index in [1.165, 1.54) is 11.3 Å². The molecule has 0 spiro atoms. The molecule has 0 saturated carbocycles. The molecule has 2 unspecified atom stereocenters. The Morgan fingerprint density at radius 2 is 2.29 bits per heavy atom. The average molecular weight is 340 g/mol. The van der Waals surface area contributed by atoms with Crippen molar-refractivity contribution in [2.24, 2.45) is 11.7 Å². The van der Waals surface area contributed by atoms with E-state index in [9.17, 15) is 9.59 Å². The van der Waals surface area contributed by atoms with Crippen molar-refractivity contribution < 1.29 is 9.59 Å². The number of fused-ring (bicyclic) bond motifs is 3. The molecular formula is C17H16N4O2S. The predicted octanol–water partition coefficient (Wildman–Crippen LogP) is 0.567. The molecule has 0 radical (unpaired) electrons. The lowest BCUT2D eigenvalue weighted by molar-refractivity contribution is -0.112. The molecule has 3 atom stereocenters. The highest BCUT2D eigenvalue weighted by Crippen LogP contribution is 2.28. The summed E-state index contributed by atoms with van der Waals surface area (Å²) in [5, 5.41) is 5.77. The largest absolute Gasteiger partial charge is 0.359 e. The number of carbonyl (C=O) groups is 2. The molecule has 2 aromatic rings. The highest BCUT2D eigenvalue weighted by atomic mass is 32.1. The third-order valence-corrected chi connectivity index (χ3v) is 5.60. The first-order valence-electron chi connectivity index (χ1n) is 7.82. The van der Waals surface area contributed by atoms with Crippen molar-refractivity contribution in [3.8, 4) is 11.8 Å². The van der Waals surface area contributed by atoms with Gasteiger partial charge in [-0.2, -0.15) is 0 Å². The van der Waals surface area contributed by atoms with Crippen LogP contribution in [0.25, 0.3) is 10.1 Å². The summed E-state index contributed by atoms with van der Waals surface area (Å²) < 4.78 is 0.923. The molecular weight excluding hydrogens is 324 g/mol. The van der Waals surface area contributed by atoms with Crippen molar-refractivity contribution in [3.63, 3.8) is 0 Å². The van der Waals surface area contributed by atoms with E-state index in [0.717, 1.165) is 36.1 Å². The maximum absolute atomic E-state index is 12.5. The minimum atomic E-state index is -0.673. The van der Waals surface area contributed by atoms with Crippen LogP contribution >= 0.6 is 11.3 Å². The zero-order valence-electron chi connectivity index (χ0n) is 12.9. The molecule has 2 aliphatic rings. The molecule has 2 fully saturated rings. The Labute approximate surface area is 143 Å². The standard InChI is InChI=1S/C17H16N4O2S/c18-16(22)2-1-11-9-24-15-6-19-13(5-12(11)15)17(23)20-14-8-21-4-3-10(14)7-21/h5-6,9-10,14H,3-4,7-8H2,(H2,18,22)(H,20,23)/t10-,14?/m0/s1. The smallest absolute Gasteiger partial charge is 0.293 e. The maximum Gasteiger partial charge on any atom is 0.293 e. The molecule has 7 heteroatoms. The lowest BCUT2D eigenvalue weighted by Crippen LogP contribution is -2.43. The Morgan fingerprint density at radius 3 is 3.00 bits per heavy atom. The van der Waals surface area contributed by atoms with Crippen LogP contribution in [0.4, 0.5) is 0 Å². The van der Waals surface area contributed by atoms with Crippen molar-refractivity contribution >= 4 is 33.2 Å². The number of hydrogen-bond acceptors (Lipinski definition) is 5. The summed E-state index contributed by atoms with van der Waals surface area (Å²) in [6, 6.07) is 1.94. The van der Waals surface area contributed by atoms with Gasteiger partial charge in [-0.1, -0.05) is 5.92 Å². The Kier molecular flexibility index (Phi) is 3.71. The molecule has 122 valence electrons. The van der Waals surface area contributed by atoms with Crippen LogP contribution in [-0.2, 0) is 4.79 Å². The molecule has 0 aromatic carbocycles. The zero-order chi connectivity index (χ0) is 16.7. The minimum Gasteiger partial charge on any atom is -0.359 e. The molecule has 0 aliphatic carbocycles. The molecule has 2 amide bonds. The van der Waals surface area contributed by atoms with Crippen molar-refractivity contribution in [2.75, 3.05) is 19.6 Å². The van der Waals surface area contributed by atoms with Gasteiger partial charge >= 0.3 is 0 Å². The molecule has 4 rings (SSSR count). The van der Waals surface area contributed by atoms with E-state index < -0.39 is 5.91 Å². The van der Waals surface area contributed by atoms with Crippen LogP contribution < -0.4 is 11.1 Å². The summed E-state index contributed by atoms with van der Waals surface area (Å²) in [7, 11) is 0. The summed E-state index contributed by atoms with van der Waals surface area (Å²) in [5.41, 5.74) is 6.13. The van der Waals surface area contributed by atoms with E-state index in [-0.39, 0.29) is 11.9 Å². The fourth-order valence-corrected chi connectivity index (χ4v) is 4.31. The number of rotatable bonds is 2. The number of pyridine rings is 1. The quantitative estimate of drug-likeness (QED) is 0.782. The highest BCUT2D eigenvalue weighted by molar-refractivity contribution is 7.17. The van der Waals surface area contributed by atoms with Crippen molar-refractivity contribution in [2.45, 2.75) is 12.5 Å². The first-order chi connectivity index (χ1) is 11.6. The van der Waals surface area contributed by atoms with Gasteiger partial charge in [-0.05, 0) is 24.9 Å². The predicted molar refractivity (Wildman–Crippen MR) is 91.5 cm³/mol. The van der Waals surface area contributed by atoms with Crippen LogP contribution in [0.5, 0.6) is 0 Å². The number of aromatic nitrogens is 1. The van der Waals surface area contributed by atoms with E-state index in [1.807, 2.05) is 5.38 Å². The van der Waals surface area contributed by atoms with Gasteiger partial charge in [-0.3, -0.25) is 9.59 Å². The van der Waals surface area contributed by atoms with Crippen LogP contribution in [0.2, 0.25) is 0 Å². The Hall–Kier alpha value is -2.43. The number of primary amides is 1. The first kappa shape index (κ1) is 15.1. The van der Waals surface area contributed by atoms with Gasteiger partial charge < -0.3 is 16.0 Å². The van der Waals surface area contributed by atoms with Gasteiger partial charge in [0.15, 0.2) is 0 Å². The maximum atomic E-state index is 12.5. The van der Waals surface area contributed by atoms with Crippen LogP contribution in [-0.4, -0.2) is 47.4 Å². The van der Waals surface area contributed by atoms with E-state index in [4.69, 9.17) is 5.73 Å². The molecule has 24 heavy (non-hydrogen) atoms. The Bertz CT molecular complexity index is 895. The second-order valence-electron chi connectivity index (χ2n) is 6.22. The van der Waals surface area contributed by atoms with Crippen LogP contribution in [0.3, 0.4) is 0 Å². The van der Waals surface area contributed by atoms with E-state index >= 15 is 0 Å². The summed E-state index contributed by atoms with van der Waals surface area (Å²) >= 11 is 1.47. The average Bonchev–Trinajstić information content (AvgIpc) is 3.27. The van der Waals surface area contributed by atoms with E-state index in [0.29, 0.717) is 17.2 Å². The first-order valence-corrected chi connectivity index (χ1v) is 8.70. The number of carbonyl (C=O) groups excluding carboxylic acids is 2. The fourth-order valence-electron chi connectivity index (χ4n) is 3.47. The molecule has 2 bridgehead atoms. The van der Waals surface area contributed by atoms with Gasteiger partial charge in [0.05, 0.1) is 4.70 Å². The summed E-state index contributed by atoms with van der Waals surface area (Å²) in [5.74, 6) is 4.80. The monoisotopic (exact) mass is 340 g/mol. The second kappa shape index (κ2) is 5.89. The zero-order valence-corrected chi connectivity index (χ0v) is 13.7. The molecule has 2 aliphatic heterocycles. The normalized spacial score (nSPS) is 24.6. The number of hydrogen-bond donors (Lipinski definition) is 2. The van der Waals surface area contributed by atoms with Gasteiger partial charge in [-0.25, -0.2) is 4.98 Å². The van der Waals surface area contributed by atoms with Crippen molar-refractivity contribution in [1.82, 2.24) is 15.2 Å². The fraction of sp³-hybridized carbons (Fsp3) is 0.353. The van der Waals surface area contributed by atoms with Crippen molar-refractivity contribution in [3.05, 3.63) is 28.9 Å². The number of nitrogens with two attached hydrogens (primary N) is 1. The van der Waals surface area contributed by atoms with Crippen LogP contribution in [0, 0.1) is 17.8 Å². The number of amides is 2. The Balaban J connectivity index is 1.58. The highest BCUT2D eigenvalue weighted by Gasteiger charge is 2.38.